The molecule has 0 bridgehead atoms. The average molecular weight is 593 g/mol. The van der Waals surface area contributed by atoms with Crippen LogP contribution in [0.5, 0.6) is 11.5 Å². The summed E-state index contributed by atoms with van der Waals surface area (Å²) in [6, 6.07) is 16.7. The summed E-state index contributed by atoms with van der Waals surface area (Å²) in [5, 5.41) is 0.349. The van der Waals surface area contributed by atoms with E-state index in [9.17, 15) is 14.4 Å². The maximum absolute atomic E-state index is 12.9. The fourth-order valence-corrected chi connectivity index (χ4v) is 4.85. The second kappa shape index (κ2) is 10.9. The lowest BCUT2D eigenvalue weighted by atomic mass is 10.1. The number of halogens is 3. The number of nitrogens with zero attached hydrogens (tertiary/aromatic N) is 1. The van der Waals surface area contributed by atoms with Gasteiger partial charge in [0.2, 0.25) is 0 Å². The number of thioether (sulfide) groups is 1. The van der Waals surface area contributed by atoms with Crippen LogP contribution < -0.4 is 9.47 Å². The second-order valence-corrected chi connectivity index (χ2v) is 9.96. The van der Waals surface area contributed by atoms with Gasteiger partial charge < -0.3 is 9.47 Å². The van der Waals surface area contributed by atoms with E-state index in [1.807, 2.05) is 0 Å². The van der Waals surface area contributed by atoms with Gasteiger partial charge >= 0.3 is 5.97 Å². The largest absolute Gasteiger partial charge is 0.493 e. The van der Waals surface area contributed by atoms with Crippen LogP contribution in [0.1, 0.15) is 21.5 Å². The SMILES string of the molecule is COc1cc(/C=C2\SC(=O)N(Cc3ccc(Cl)c(Cl)c3)C2=O)ccc1OC(=O)c1ccccc1Br. The van der Waals surface area contributed by atoms with E-state index < -0.39 is 17.1 Å². The maximum Gasteiger partial charge on any atom is 0.344 e. The van der Waals surface area contributed by atoms with Gasteiger partial charge in [-0.2, -0.15) is 0 Å². The molecule has 0 N–H and O–H groups in total. The molecule has 4 rings (SSSR count). The number of hydrogen-bond acceptors (Lipinski definition) is 6. The predicted octanol–water partition coefficient (Wildman–Crippen LogP) is 7.22. The van der Waals surface area contributed by atoms with Crippen molar-refractivity contribution in [2.45, 2.75) is 6.54 Å². The molecule has 6 nitrogen and oxygen atoms in total. The van der Waals surface area contributed by atoms with Gasteiger partial charge in [0.25, 0.3) is 11.1 Å². The Kier molecular flexibility index (Phi) is 7.86. The lowest BCUT2D eigenvalue weighted by Crippen LogP contribution is -2.27. The molecule has 0 atom stereocenters. The molecule has 1 fully saturated rings. The van der Waals surface area contributed by atoms with Crippen molar-refractivity contribution in [3.63, 3.8) is 0 Å². The number of carbonyl (C=O) groups excluding carboxylic acids is 3. The van der Waals surface area contributed by atoms with Crippen molar-refractivity contribution in [3.8, 4) is 11.5 Å². The summed E-state index contributed by atoms with van der Waals surface area (Å²) in [7, 11) is 1.44. The first-order valence-electron chi connectivity index (χ1n) is 10.1. The number of imide groups is 1. The van der Waals surface area contributed by atoms with Crippen molar-refractivity contribution in [1.82, 2.24) is 4.90 Å². The number of carbonyl (C=O) groups is 3. The average Bonchev–Trinajstić information content (AvgIpc) is 3.09. The Bertz CT molecular complexity index is 1380. The number of amides is 2. The van der Waals surface area contributed by atoms with Crippen molar-refractivity contribution in [3.05, 3.63) is 96.8 Å². The van der Waals surface area contributed by atoms with E-state index in [2.05, 4.69) is 15.9 Å². The third-order valence-corrected chi connectivity index (χ3v) is 7.32. The zero-order valence-corrected chi connectivity index (χ0v) is 22.0. The number of rotatable bonds is 6. The van der Waals surface area contributed by atoms with Gasteiger partial charge in [-0.3, -0.25) is 14.5 Å². The van der Waals surface area contributed by atoms with Crippen LogP contribution in [0, 0.1) is 0 Å². The molecular weight excluding hydrogens is 577 g/mol. The highest BCUT2D eigenvalue weighted by molar-refractivity contribution is 9.10. The molecule has 1 aliphatic rings. The molecule has 10 heteroatoms. The predicted molar refractivity (Wildman–Crippen MR) is 140 cm³/mol. The van der Waals surface area contributed by atoms with Gasteiger partial charge in [-0.1, -0.05) is 47.5 Å². The molecule has 178 valence electrons. The molecule has 0 aromatic heterocycles. The van der Waals surface area contributed by atoms with E-state index in [0.717, 1.165) is 16.7 Å². The first-order chi connectivity index (χ1) is 16.8. The van der Waals surface area contributed by atoms with Crippen LogP contribution in [-0.4, -0.2) is 29.1 Å². The van der Waals surface area contributed by atoms with Crippen LogP contribution in [0.25, 0.3) is 6.08 Å². The Labute approximate surface area is 223 Å². The first kappa shape index (κ1) is 25.3. The van der Waals surface area contributed by atoms with Gasteiger partial charge in [-0.15, -0.1) is 0 Å². The molecule has 0 aliphatic carbocycles. The molecule has 2 amide bonds. The van der Waals surface area contributed by atoms with Crippen molar-refractivity contribution in [2.75, 3.05) is 7.11 Å². The molecular formula is C25H16BrCl2NO5S. The van der Waals surface area contributed by atoms with Crippen LogP contribution in [0.4, 0.5) is 4.79 Å². The minimum Gasteiger partial charge on any atom is -0.493 e. The van der Waals surface area contributed by atoms with Gasteiger partial charge in [-0.25, -0.2) is 4.79 Å². The topological polar surface area (TPSA) is 72.9 Å². The third-order valence-electron chi connectivity index (χ3n) is 4.98. The Morgan fingerprint density at radius 3 is 2.51 bits per heavy atom. The quantitative estimate of drug-likeness (QED) is 0.171. The summed E-state index contributed by atoms with van der Waals surface area (Å²) in [6.07, 6.45) is 1.58. The van der Waals surface area contributed by atoms with Crippen LogP contribution in [0.2, 0.25) is 10.0 Å². The van der Waals surface area contributed by atoms with Crippen LogP contribution in [0.3, 0.4) is 0 Å². The summed E-state index contributed by atoms with van der Waals surface area (Å²) < 4.78 is 11.5. The second-order valence-electron chi connectivity index (χ2n) is 7.30. The molecule has 1 aliphatic heterocycles. The Morgan fingerprint density at radius 2 is 1.80 bits per heavy atom. The van der Waals surface area contributed by atoms with Gasteiger partial charge in [0.05, 0.1) is 34.2 Å². The minimum atomic E-state index is -0.549. The molecule has 0 saturated carbocycles. The van der Waals surface area contributed by atoms with Crippen LogP contribution in [0.15, 0.2) is 70.0 Å². The first-order valence-corrected chi connectivity index (χ1v) is 12.5. The Balaban J connectivity index is 1.52. The number of hydrogen-bond donors (Lipinski definition) is 0. The molecule has 35 heavy (non-hydrogen) atoms. The number of esters is 1. The number of methoxy groups -OCH3 is 1. The summed E-state index contributed by atoms with van der Waals surface area (Å²) in [5.41, 5.74) is 1.65. The van der Waals surface area contributed by atoms with Gasteiger partial charge in [-0.05, 0) is 81.3 Å². The summed E-state index contributed by atoms with van der Waals surface area (Å²) in [5.74, 6) is -0.450. The minimum absolute atomic E-state index is 0.0755. The molecule has 0 unspecified atom stereocenters. The van der Waals surface area contributed by atoms with Crippen molar-refractivity contribution >= 4 is 74.1 Å². The lowest BCUT2D eigenvalue weighted by Gasteiger charge is -2.13. The highest BCUT2D eigenvalue weighted by atomic mass is 79.9. The van der Waals surface area contributed by atoms with Crippen LogP contribution >= 0.6 is 50.9 Å². The number of benzene rings is 3. The van der Waals surface area contributed by atoms with E-state index in [4.69, 9.17) is 32.7 Å². The smallest absolute Gasteiger partial charge is 0.344 e. The number of ether oxygens (including phenoxy) is 2. The van der Waals surface area contributed by atoms with E-state index in [1.54, 1.807) is 66.7 Å². The van der Waals surface area contributed by atoms with Crippen molar-refractivity contribution in [2.24, 2.45) is 0 Å². The van der Waals surface area contributed by atoms with Gasteiger partial charge in [0.1, 0.15) is 0 Å². The van der Waals surface area contributed by atoms with Crippen LogP contribution in [-0.2, 0) is 11.3 Å². The van der Waals surface area contributed by atoms with E-state index >= 15 is 0 Å². The summed E-state index contributed by atoms with van der Waals surface area (Å²) >= 11 is 16.1. The lowest BCUT2D eigenvalue weighted by molar-refractivity contribution is -0.123. The standard InChI is InChI=1S/C25H16BrCl2NO5S/c1-33-21-11-14(7-9-20(21)34-24(31)16-4-2-3-5-17(16)26)12-22-23(30)29(25(32)35-22)13-15-6-8-18(27)19(28)10-15/h2-12H,13H2,1H3/b22-12-. The molecule has 0 radical (unpaired) electrons. The molecule has 3 aromatic rings. The van der Waals surface area contributed by atoms with E-state index in [0.29, 0.717) is 37.0 Å². The fourth-order valence-electron chi connectivity index (χ4n) is 3.25. The van der Waals surface area contributed by atoms with E-state index in [-0.39, 0.29) is 17.2 Å². The zero-order valence-electron chi connectivity index (χ0n) is 18.1. The highest BCUT2D eigenvalue weighted by Gasteiger charge is 2.35. The Morgan fingerprint density at radius 1 is 1.03 bits per heavy atom. The normalized spacial score (nSPS) is 14.5. The fraction of sp³-hybridized carbons (Fsp3) is 0.0800. The molecule has 0 spiro atoms. The third kappa shape index (κ3) is 5.73. The summed E-state index contributed by atoms with van der Waals surface area (Å²) in [6.45, 7) is 0.0755. The summed E-state index contributed by atoms with van der Waals surface area (Å²) in [4.78, 5) is 39.3. The molecule has 3 aromatic carbocycles. The molecule has 1 heterocycles. The monoisotopic (exact) mass is 591 g/mol. The maximum atomic E-state index is 12.9. The Hall–Kier alpha value is -2.78. The zero-order chi connectivity index (χ0) is 25.1. The van der Waals surface area contributed by atoms with Gasteiger partial charge in [0.15, 0.2) is 11.5 Å². The van der Waals surface area contributed by atoms with Crippen molar-refractivity contribution < 1.29 is 23.9 Å². The van der Waals surface area contributed by atoms with Gasteiger partial charge in [0, 0.05) is 4.47 Å². The molecule has 1 saturated heterocycles. The van der Waals surface area contributed by atoms with E-state index in [1.165, 1.54) is 7.11 Å². The highest BCUT2D eigenvalue weighted by Crippen LogP contribution is 2.36. The van der Waals surface area contributed by atoms with Crippen molar-refractivity contribution in [1.29, 1.82) is 0 Å².